The number of hydrogen-bond donors (Lipinski definition) is 1. The minimum atomic E-state index is -0.269. The Morgan fingerprint density at radius 2 is 1.84 bits per heavy atom. The van der Waals surface area contributed by atoms with Crippen molar-refractivity contribution in [2.75, 3.05) is 13.7 Å². The molecule has 1 saturated heterocycles. The third-order valence-corrected chi connectivity index (χ3v) is 6.27. The van der Waals surface area contributed by atoms with Crippen LogP contribution in [-0.4, -0.2) is 42.1 Å². The number of cyclic esters (lactones) is 1. The van der Waals surface area contributed by atoms with Gasteiger partial charge in [0.2, 0.25) is 5.91 Å². The Bertz CT molecular complexity index is 697. The number of nitrogens with zero attached hydrogens (tertiary/aromatic N) is 1. The first-order valence-electron chi connectivity index (χ1n) is 9.15. The Hall–Kier alpha value is -2.04. The molecule has 0 atom stereocenters. The van der Waals surface area contributed by atoms with Gasteiger partial charge in [-0.25, -0.2) is 4.79 Å². The van der Waals surface area contributed by atoms with Crippen LogP contribution in [0.3, 0.4) is 0 Å². The molecular formula is C20H26N2O3. The van der Waals surface area contributed by atoms with Gasteiger partial charge in [-0.15, -0.1) is 0 Å². The van der Waals surface area contributed by atoms with Crippen molar-refractivity contribution in [2.45, 2.75) is 57.0 Å². The van der Waals surface area contributed by atoms with Crippen LogP contribution >= 0.6 is 0 Å². The molecule has 1 N–H and O–H groups in total. The summed E-state index contributed by atoms with van der Waals surface area (Å²) in [4.78, 5) is 25.6. The number of carbonyl (C=O) groups excluding carboxylic acids is 2. The van der Waals surface area contributed by atoms with E-state index in [1.165, 1.54) is 16.7 Å². The topological polar surface area (TPSA) is 58.6 Å². The van der Waals surface area contributed by atoms with E-state index < -0.39 is 0 Å². The van der Waals surface area contributed by atoms with Gasteiger partial charge in [-0.3, -0.25) is 4.79 Å². The summed E-state index contributed by atoms with van der Waals surface area (Å²) in [6.07, 6.45) is 3.21. The summed E-state index contributed by atoms with van der Waals surface area (Å²) in [6.45, 7) is 4.69. The number of carbonyl (C=O) groups is 2. The van der Waals surface area contributed by atoms with Crippen molar-refractivity contribution in [3.63, 3.8) is 0 Å². The largest absolute Gasteiger partial charge is 0.447 e. The normalized spacial score (nSPS) is 33.6. The molecule has 5 nitrogen and oxygen atoms in total. The van der Waals surface area contributed by atoms with Crippen LogP contribution < -0.4 is 5.32 Å². The lowest BCUT2D eigenvalue weighted by Gasteiger charge is -2.47. The molecule has 0 aromatic heterocycles. The molecule has 1 heterocycles. The van der Waals surface area contributed by atoms with Crippen LogP contribution in [0.1, 0.15) is 48.3 Å². The molecule has 134 valence electrons. The van der Waals surface area contributed by atoms with Crippen molar-refractivity contribution in [3.05, 3.63) is 34.9 Å². The van der Waals surface area contributed by atoms with Crippen LogP contribution in [0, 0.1) is 19.8 Å². The molecule has 1 aromatic rings. The van der Waals surface area contributed by atoms with Crippen LogP contribution in [-0.2, 0) is 9.53 Å². The lowest BCUT2D eigenvalue weighted by atomic mass is 9.67. The van der Waals surface area contributed by atoms with Gasteiger partial charge in [0.1, 0.15) is 6.61 Å². The summed E-state index contributed by atoms with van der Waals surface area (Å²) < 4.78 is 5.10. The second-order valence-electron chi connectivity index (χ2n) is 8.24. The summed E-state index contributed by atoms with van der Waals surface area (Å²) in [5.74, 6) is 0.711. The highest BCUT2D eigenvalue weighted by Crippen LogP contribution is 2.46. The highest BCUT2D eigenvalue weighted by molar-refractivity contribution is 5.81. The maximum atomic E-state index is 12.5. The number of aryl methyl sites for hydroxylation is 2. The maximum Gasteiger partial charge on any atom is 0.410 e. The van der Waals surface area contributed by atoms with Gasteiger partial charge >= 0.3 is 6.09 Å². The molecule has 1 spiro atoms. The average Bonchev–Trinajstić information content (AvgIpc) is 2.76. The monoisotopic (exact) mass is 342 g/mol. The van der Waals surface area contributed by atoms with E-state index in [2.05, 4.69) is 37.4 Å². The molecule has 1 aliphatic heterocycles. The minimum Gasteiger partial charge on any atom is -0.447 e. The number of ether oxygens (including phenoxy) is 1. The Morgan fingerprint density at radius 1 is 1.20 bits per heavy atom. The zero-order chi connectivity index (χ0) is 17.8. The fourth-order valence-corrected chi connectivity index (χ4v) is 4.59. The van der Waals surface area contributed by atoms with Gasteiger partial charge in [-0.05, 0) is 51.0 Å². The van der Waals surface area contributed by atoms with Crippen molar-refractivity contribution in [1.29, 1.82) is 0 Å². The van der Waals surface area contributed by atoms with Crippen LogP contribution in [0.4, 0.5) is 4.79 Å². The summed E-state index contributed by atoms with van der Waals surface area (Å²) in [5, 5.41) is 3.20. The molecule has 0 radical (unpaired) electrons. The van der Waals surface area contributed by atoms with E-state index in [1.54, 1.807) is 11.9 Å². The maximum absolute atomic E-state index is 12.5. The van der Waals surface area contributed by atoms with Crippen LogP contribution in [0.25, 0.3) is 0 Å². The molecule has 2 amide bonds. The summed E-state index contributed by atoms with van der Waals surface area (Å²) >= 11 is 0. The van der Waals surface area contributed by atoms with E-state index in [-0.39, 0.29) is 29.5 Å². The molecule has 0 unspecified atom stereocenters. The van der Waals surface area contributed by atoms with Crippen molar-refractivity contribution in [3.8, 4) is 0 Å². The Kier molecular flexibility index (Phi) is 3.78. The predicted molar refractivity (Wildman–Crippen MR) is 94.4 cm³/mol. The summed E-state index contributed by atoms with van der Waals surface area (Å²) in [7, 11) is 1.77. The first-order valence-corrected chi connectivity index (χ1v) is 9.15. The Morgan fingerprint density at radius 3 is 2.40 bits per heavy atom. The van der Waals surface area contributed by atoms with Gasteiger partial charge in [-0.2, -0.15) is 0 Å². The second kappa shape index (κ2) is 5.75. The number of rotatable bonds is 3. The van der Waals surface area contributed by atoms with E-state index in [0.717, 1.165) is 12.8 Å². The molecule has 1 aromatic carbocycles. The van der Waals surface area contributed by atoms with Gasteiger partial charge in [0.25, 0.3) is 0 Å². The highest BCUT2D eigenvalue weighted by atomic mass is 16.6. The molecule has 2 aliphatic carbocycles. The average molecular weight is 342 g/mol. The lowest BCUT2D eigenvalue weighted by Crippen LogP contribution is -2.59. The Labute approximate surface area is 148 Å². The lowest BCUT2D eigenvalue weighted by molar-refractivity contribution is -0.133. The quantitative estimate of drug-likeness (QED) is 0.919. The zero-order valence-corrected chi connectivity index (χ0v) is 15.2. The van der Waals surface area contributed by atoms with Crippen LogP contribution in [0.15, 0.2) is 18.2 Å². The fourth-order valence-electron chi connectivity index (χ4n) is 4.59. The van der Waals surface area contributed by atoms with Crippen molar-refractivity contribution < 1.29 is 14.3 Å². The number of nitrogens with one attached hydrogen (secondary N) is 1. The summed E-state index contributed by atoms with van der Waals surface area (Å²) in [5.41, 5.74) is 3.77. The molecule has 0 bridgehead atoms. The van der Waals surface area contributed by atoms with Gasteiger partial charge in [0.15, 0.2) is 0 Å². The molecule has 2 saturated carbocycles. The van der Waals surface area contributed by atoms with Crippen molar-refractivity contribution in [1.82, 2.24) is 10.2 Å². The first-order chi connectivity index (χ1) is 11.9. The van der Waals surface area contributed by atoms with Crippen molar-refractivity contribution >= 4 is 12.0 Å². The van der Waals surface area contributed by atoms with Gasteiger partial charge in [0.05, 0.1) is 5.54 Å². The van der Waals surface area contributed by atoms with E-state index >= 15 is 0 Å². The molecular weight excluding hydrogens is 316 g/mol. The standard InChI is InChI=1S/C20H26N2O3/c1-12-4-13(2)6-14(5-12)15-7-17(8-15)21-18(23)16-9-20(10-16)11-25-19(24)22(20)3/h4-6,15-17H,7-11H2,1-3H3,(H,21,23). The Balaban J connectivity index is 1.26. The van der Waals surface area contributed by atoms with Gasteiger partial charge in [-0.1, -0.05) is 29.3 Å². The highest BCUT2D eigenvalue weighted by Gasteiger charge is 2.56. The molecule has 3 fully saturated rings. The minimum absolute atomic E-state index is 0.0113. The van der Waals surface area contributed by atoms with Gasteiger partial charge in [0, 0.05) is 19.0 Å². The number of likely N-dealkylation sites (N-methyl/N-ethyl adjacent to an activating group) is 1. The number of amides is 2. The molecule has 4 rings (SSSR count). The second-order valence-corrected chi connectivity index (χ2v) is 8.24. The number of benzene rings is 1. The van der Waals surface area contributed by atoms with E-state index in [1.807, 2.05) is 0 Å². The zero-order valence-electron chi connectivity index (χ0n) is 15.2. The summed E-state index contributed by atoms with van der Waals surface area (Å²) in [6, 6.07) is 7.01. The predicted octanol–water partition coefficient (Wildman–Crippen LogP) is 2.90. The van der Waals surface area contributed by atoms with Crippen LogP contribution in [0.5, 0.6) is 0 Å². The van der Waals surface area contributed by atoms with Crippen molar-refractivity contribution in [2.24, 2.45) is 5.92 Å². The van der Waals surface area contributed by atoms with E-state index in [9.17, 15) is 9.59 Å². The third kappa shape index (κ3) is 2.79. The third-order valence-electron chi connectivity index (χ3n) is 6.27. The molecule has 5 heteroatoms. The smallest absolute Gasteiger partial charge is 0.410 e. The van der Waals surface area contributed by atoms with Gasteiger partial charge < -0.3 is 15.0 Å². The van der Waals surface area contributed by atoms with E-state index in [0.29, 0.717) is 25.4 Å². The van der Waals surface area contributed by atoms with Crippen LogP contribution in [0.2, 0.25) is 0 Å². The number of hydrogen-bond acceptors (Lipinski definition) is 3. The molecule has 25 heavy (non-hydrogen) atoms. The SMILES string of the molecule is Cc1cc(C)cc(C2CC(NC(=O)C3CC4(COC(=O)N4C)C3)C2)c1. The molecule has 3 aliphatic rings. The van der Waals surface area contributed by atoms with E-state index in [4.69, 9.17) is 4.74 Å². The fraction of sp³-hybridized carbons (Fsp3) is 0.600. The first kappa shape index (κ1) is 16.4.